The van der Waals surface area contributed by atoms with Crippen LogP contribution in [0.2, 0.25) is 5.02 Å². The summed E-state index contributed by atoms with van der Waals surface area (Å²) in [5.41, 5.74) is 1.52. The Kier molecular flexibility index (Phi) is 6.99. The normalized spacial score (nSPS) is 14.1. The van der Waals surface area contributed by atoms with E-state index in [1.807, 2.05) is 24.3 Å². The number of anilines is 1. The summed E-state index contributed by atoms with van der Waals surface area (Å²) in [6, 6.07) is 14.3. The molecule has 29 heavy (non-hydrogen) atoms. The van der Waals surface area contributed by atoms with E-state index in [-0.39, 0.29) is 24.6 Å². The number of benzene rings is 2. The largest absolute Gasteiger partial charge is 0.484 e. The number of hydrogen-bond donors (Lipinski definition) is 0. The van der Waals surface area contributed by atoms with Gasteiger partial charge < -0.3 is 19.3 Å². The molecule has 0 spiro atoms. The van der Waals surface area contributed by atoms with Crippen molar-refractivity contribution in [3.05, 3.63) is 59.1 Å². The number of carbonyl (C=O) groups excluding carboxylic acids is 2. The van der Waals surface area contributed by atoms with Crippen molar-refractivity contribution in [2.75, 3.05) is 37.7 Å². The number of esters is 1. The summed E-state index contributed by atoms with van der Waals surface area (Å²) >= 11 is 6.06. The first-order chi connectivity index (χ1) is 13.9. The molecule has 3 rings (SSSR count). The zero-order valence-electron chi connectivity index (χ0n) is 16.6. The maximum absolute atomic E-state index is 12.5. The van der Waals surface area contributed by atoms with Gasteiger partial charge in [-0.05, 0) is 56.3 Å². The molecule has 1 aliphatic heterocycles. The third kappa shape index (κ3) is 5.87. The fraction of sp³-hybridized carbons (Fsp3) is 0.364. The molecule has 0 aromatic heterocycles. The fourth-order valence-corrected chi connectivity index (χ4v) is 3.28. The van der Waals surface area contributed by atoms with E-state index < -0.39 is 0 Å². The van der Waals surface area contributed by atoms with E-state index in [1.54, 1.807) is 43.0 Å². The summed E-state index contributed by atoms with van der Waals surface area (Å²) in [5.74, 6) is 0.108. The molecule has 2 aromatic carbocycles. The summed E-state index contributed by atoms with van der Waals surface area (Å²) in [5, 5.41) is 0.706. The molecule has 0 radical (unpaired) electrons. The molecule has 1 heterocycles. The molecule has 1 aliphatic rings. The molecule has 2 aromatic rings. The van der Waals surface area contributed by atoms with Crippen molar-refractivity contribution in [3.63, 3.8) is 0 Å². The summed E-state index contributed by atoms with van der Waals surface area (Å²) in [6.07, 6.45) is -0.171. The number of hydrogen-bond acceptors (Lipinski definition) is 5. The number of carbonyl (C=O) groups is 2. The lowest BCUT2D eigenvalue weighted by molar-refractivity contribution is -0.133. The number of amides is 1. The van der Waals surface area contributed by atoms with Crippen LogP contribution in [-0.2, 0) is 9.53 Å². The molecule has 1 fully saturated rings. The Labute approximate surface area is 176 Å². The van der Waals surface area contributed by atoms with E-state index in [4.69, 9.17) is 21.1 Å². The predicted molar refractivity (Wildman–Crippen MR) is 113 cm³/mol. The van der Waals surface area contributed by atoms with Gasteiger partial charge in [0, 0.05) is 36.9 Å². The molecule has 1 amide bonds. The zero-order chi connectivity index (χ0) is 20.8. The molecular weight excluding hydrogens is 392 g/mol. The third-order valence-electron chi connectivity index (χ3n) is 4.60. The first kappa shape index (κ1) is 21.0. The second-order valence-corrected chi connectivity index (χ2v) is 7.55. The van der Waals surface area contributed by atoms with E-state index in [9.17, 15) is 9.59 Å². The van der Waals surface area contributed by atoms with Gasteiger partial charge in [-0.2, -0.15) is 0 Å². The minimum Gasteiger partial charge on any atom is -0.484 e. The average Bonchev–Trinajstić information content (AvgIpc) is 2.72. The fourth-order valence-electron chi connectivity index (χ4n) is 3.09. The number of rotatable bonds is 6. The van der Waals surface area contributed by atoms with Gasteiger partial charge in [0.05, 0.1) is 11.7 Å². The Hall–Kier alpha value is -2.73. The highest BCUT2D eigenvalue weighted by Gasteiger charge is 2.21. The first-order valence-corrected chi connectivity index (χ1v) is 10.0. The topological polar surface area (TPSA) is 59.1 Å². The van der Waals surface area contributed by atoms with Crippen molar-refractivity contribution in [2.24, 2.45) is 0 Å². The summed E-state index contributed by atoms with van der Waals surface area (Å²) in [7, 11) is 0. The molecule has 154 valence electrons. The summed E-state index contributed by atoms with van der Waals surface area (Å²) in [4.78, 5) is 28.3. The maximum Gasteiger partial charge on any atom is 0.338 e. The number of nitrogens with zero attached hydrogens (tertiary/aromatic N) is 2. The highest BCUT2D eigenvalue weighted by atomic mass is 35.5. The van der Waals surface area contributed by atoms with E-state index in [2.05, 4.69) is 4.90 Å². The second-order valence-electron chi connectivity index (χ2n) is 7.11. The molecule has 0 atom stereocenters. The Morgan fingerprint density at radius 3 is 2.34 bits per heavy atom. The van der Waals surface area contributed by atoms with Gasteiger partial charge in [0.2, 0.25) is 0 Å². The number of halogens is 1. The van der Waals surface area contributed by atoms with E-state index in [1.165, 1.54) is 0 Å². The molecule has 7 heteroatoms. The van der Waals surface area contributed by atoms with Crippen LogP contribution in [0.5, 0.6) is 5.75 Å². The van der Waals surface area contributed by atoms with Crippen LogP contribution < -0.4 is 9.64 Å². The SMILES string of the molecule is CC(C)OC(=O)c1ccc(OCC(=O)N2CCN(c3cccc(Cl)c3)CC2)cc1. The maximum atomic E-state index is 12.5. The molecular formula is C22H25ClN2O4. The van der Waals surface area contributed by atoms with Gasteiger partial charge in [-0.25, -0.2) is 4.79 Å². The summed E-state index contributed by atoms with van der Waals surface area (Å²) in [6.45, 7) is 6.33. The quantitative estimate of drug-likeness (QED) is 0.673. The first-order valence-electron chi connectivity index (χ1n) is 9.64. The Morgan fingerprint density at radius 1 is 1.03 bits per heavy atom. The summed E-state index contributed by atoms with van der Waals surface area (Å²) < 4.78 is 10.7. The highest BCUT2D eigenvalue weighted by Crippen LogP contribution is 2.21. The lowest BCUT2D eigenvalue weighted by atomic mass is 10.2. The van der Waals surface area contributed by atoms with Gasteiger partial charge >= 0.3 is 5.97 Å². The third-order valence-corrected chi connectivity index (χ3v) is 4.84. The van der Waals surface area contributed by atoms with Crippen molar-refractivity contribution >= 4 is 29.2 Å². The smallest absolute Gasteiger partial charge is 0.338 e. The number of piperazine rings is 1. The monoisotopic (exact) mass is 416 g/mol. The van der Waals surface area contributed by atoms with Gasteiger partial charge in [0.15, 0.2) is 6.61 Å². The minimum absolute atomic E-state index is 0.0348. The van der Waals surface area contributed by atoms with E-state index in [0.29, 0.717) is 29.4 Å². The molecule has 1 saturated heterocycles. The van der Waals surface area contributed by atoms with Gasteiger partial charge in [0.25, 0.3) is 5.91 Å². The van der Waals surface area contributed by atoms with Crippen LogP contribution in [0.15, 0.2) is 48.5 Å². The molecule has 0 saturated carbocycles. The standard InChI is InChI=1S/C22H25ClN2O4/c1-16(2)29-22(27)17-6-8-20(9-7-17)28-15-21(26)25-12-10-24(11-13-25)19-5-3-4-18(23)14-19/h3-9,14,16H,10-13,15H2,1-2H3. The van der Waals surface area contributed by atoms with Crippen LogP contribution in [0.1, 0.15) is 24.2 Å². The molecule has 0 aliphatic carbocycles. The molecule has 0 bridgehead atoms. The second kappa shape index (κ2) is 9.65. The van der Waals surface area contributed by atoms with Crippen molar-refractivity contribution in [1.29, 1.82) is 0 Å². The van der Waals surface area contributed by atoms with Gasteiger partial charge in [0.1, 0.15) is 5.75 Å². The van der Waals surface area contributed by atoms with Crippen molar-refractivity contribution < 1.29 is 19.1 Å². The Balaban J connectivity index is 1.46. The molecule has 0 N–H and O–H groups in total. The van der Waals surface area contributed by atoms with Crippen LogP contribution in [0.3, 0.4) is 0 Å². The highest BCUT2D eigenvalue weighted by molar-refractivity contribution is 6.30. The lowest BCUT2D eigenvalue weighted by Gasteiger charge is -2.36. The van der Waals surface area contributed by atoms with Gasteiger partial charge in [-0.3, -0.25) is 4.79 Å². The predicted octanol–water partition coefficient (Wildman–Crippen LogP) is 3.63. The van der Waals surface area contributed by atoms with E-state index >= 15 is 0 Å². The minimum atomic E-state index is -0.375. The van der Waals surface area contributed by atoms with Crippen LogP contribution >= 0.6 is 11.6 Å². The van der Waals surface area contributed by atoms with Crippen molar-refractivity contribution in [1.82, 2.24) is 4.90 Å². The van der Waals surface area contributed by atoms with Crippen LogP contribution in [0.4, 0.5) is 5.69 Å². The lowest BCUT2D eigenvalue weighted by Crippen LogP contribution is -2.50. The average molecular weight is 417 g/mol. The van der Waals surface area contributed by atoms with Crippen LogP contribution in [0, 0.1) is 0 Å². The van der Waals surface area contributed by atoms with E-state index in [0.717, 1.165) is 18.8 Å². The van der Waals surface area contributed by atoms with Crippen LogP contribution in [0.25, 0.3) is 0 Å². The van der Waals surface area contributed by atoms with Crippen LogP contribution in [-0.4, -0.2) is 55.7 Å². The van der Waals surface area contributed by atoms with Gasteiger partial charge in [-0.1, -0.05) is 17.7 Å². The van der Waals surface area contributed by atoms with Crippen molar-refractivity contribution in [3.8, 4) is 5.75 Å². The Bertz CT molecular complexity index is 846. The number of ether oxygens (including phenoxy) is 2. The zero-order valence-corrected chi connectivity index (χ0v) is 17.4. The Morgan fingerprint density at radius 2 is 1.72 bits per heavy atom. The molecule has 6 nitrogen and oxygen atoms in total. The van der Waals surface area contributed by atoms with Crippen molar-refractivity contribution in [2.45, 2.75) is 20.0 Å². The van der Waals surface area contributed by atoms with Gasteiger partial charge in [-0.15, -0.1) is 0 Å². The molecule has 0 unspecified atom stereocenters.